The van der Waals surface area contributed by atoms with Gasteiger partial charge in [0, 0.05) is 12.5 Å². The van der Waals surface area contributed by atoms with E-state index in [4.69, 9.17) is 24.2 Å². The van der Waals surface area contributed by atoms with E-state index in [2.05, 4.69) is 0 Å². The molecule has 0 bridgehead atoms. The Morgan fingerprint density at radius 2 is 2.00 bits per heavy atom. The molecule has 0 N–H and O–H groups in total. The number of rotatable bonds is 5. The Morgan fingerprint density at radius 3 is 2.79 bits per heavy atom. The number of ether oxygens (including phenoxy) is 4. The van der Waals surface area contributed by atoms with Crippen molar-refractivity contribution in [1.29, 1.82) is 5.26 Å². The van der Waals surface area contributed by atoms with Gasteiger partial charge in [0.15, 0.2) is 23.0 Å². The van der Waals surface area contributed by atoms with E-state index in [9.17, 15) is 4.79 Å². The molecule has 1 aliphatic rings. The van der Waals surface area contributed by atoms with Gasteiger partial charge in [-0.25, -0.2) is 0 Å². The third kappa shape index (κ3) is 3.41. The van der Waals surface area contributed by atoms with Gasteiger partial charge >= 0.3 is 5.97 Å². The maximum absolute atomic E-state index is 12.0. The molecule has 0 unspecified atom stereocenters. The van der Waals surface area contributed by atoms with Crippen molar-refractivity contribution in [3.05, 3.63) is 47.5 Å². The third-order valence-corrected chi connectivity index (χ3v) is 3.57. The van der Waals surface area contributed by atoms with Crippen LogP contribution in [0.15, 0.2) is 36.4 Å². The zero-order chi connectivity index (χ0) is 16.9. The van der Waals surface area contributed by atoms with E-state index in [0.29, 0.717) is 35.0 Å². The van der Waals surface area contributed by atoms with Crippen LogP contribution in [-0.2, 0) is 11.2 Å². The van der Waals surface area contributed by atoms with Crippen LogP contribution in [0.5, 0.6) is 23.0 Å². The number of methoxy groups -OCH3 is 1. The first kappa shape index (κ1) is 15.7. The topological polar surface area (TPSA) is 77.8 Å². The second-order valence-corrected chi connectivity index (χ2v) is 5.14. The molecule has 0 radical (unpaired) electrons. The number of nitrogens with zero attached hydrogens (tertiary/aromatic N) is 1. The molecule has 0 atom stereocenters. The molecule has 0 aliphatic carbocycles. The fourth-order valence-corrected chi connectivity index (χ4v) is 2.34. The highest BCUT2D eigenvalue weighted by Gasteiger charge is 2.15. The van der Waals surface area contributed by atoms with Gasteiger partial charge in [0.25, 0.3) is 0 Å². The molecule has 2 aromatic rings. The zero-order valence-corrected chi connectivity index (χ0v) is 13.1. The summed E-state index contributed by atoms with van der Waals surface area (Å²) in [4.78, 5) is 12.0. The number of carbonyl (C=O) groups excluding carboxylic acids is 1. The molecule has 0 fully saturated rings. The van der Waals surface area contributed by atoms with Crippen molar-refractivity contribution in [1.82, 2.24) is 0 Å². The first-order valence-corrected chi connectivity index (χ1v) is 7.37. The van der Waals surface area contributed by atoms with Gasteiger partial charge in [0.2, 0.25) is 6.79 Å². The minimum atomic E-state index is -0.379. The van der Waals surface area contributed by atoms with Crippen LogP contribution >= 0.6 is 0 Å². The first-order valence-electron chi connectivity index (χ1n) is 7.37. The number of aryl methyl sites for hydroxylation is 1. The average molecular weight is 325 g/mol. The molecule has 0 amide bonds. The van der Waals surface area contributed by atoms with Crippen LogP contribution < -0.4 is 18.9 Å². The van der Waals surface area contributed by atoms with Crippen molar-refractivity contribution in [2.24, 2.45) is 0 Å². The van der Waals surface area contributed by atoms with Crippen molar-refractivity contribution >= 4 is 5.97 Å². The van der Waals surface area contributed by atoms with E-state index in [1.807, 2.05) is 24.3 Å². The number of carbonyl (C=O) groups is 1. The van der Waals surface area contributed by atoms with E-state index in [1.54, 1.807) is 12.1 Å². The third-order valence-electron chi connectivity index (χ3n) is 3.57. The summed E-state index contributed by atoms with van der Waals surface area (Å²) in [7, 11) is 1.46. The number of benzene rings is 2. The van der Waals surface area contributed by atoms with Crippen molar-refractivity contribution in [2.75, 3.05) is 13.9 Å². The second-order valence-electron chi connectivity index (χ2n) is 5.14. The van der Waals surface area contributed by atoms with Crippen LogP contribution in [0.4, 0.5) is 0 Å². The lowest BCUT2D eigenvalue weighted by atomic mass is 10.1. The largest absolute Gasteiger partial charge is 0.493 e. The molecule has 0 spiro atoms. The molecule has 1 heterocycles. The molecule has 6 nitrogen and oxygen atoms in total. The van der Waals surface area contributed by atoms with Gasteiger partial charge < -0.3 is 18.9 Å². The Bertz CT molecular complexity index is 810. The van der Waals surface area contributed by atoms with Gasteiger partial charge in [-0.1, -0.05) is 6.07 Å². The molecule has 6 heteroatoms. The molecular weight excluding hydrogens is 310 g/mol. The summed E-state index contributed by atoms with van der Waals surface area (Å²) in [6.45, 7) is 0.222. The summed E-state index contributed by atoms with van der Waals surface area (Å²) >= 11 is 0. The highest BCUT2D eigenvalue weighted by Crippen LogP contribution is 2.33. The van der Waals surface area contributed by atoms with Crippen LogP contribution in [-0.4, -0.2) is 19.9 Å². The summed E-state index contributed by atoms with van der Waals surface area (Å²) in [5, 5.41) is 8.87. The summed E-state index contributed by atoms with van der Waals surface area (Å²) in [6, 6.07) is 12.2. The van der Waals surface area contributed by atoms with Crippen LogP contribution in [0.1, 0.15) is 17.5 Å². The molecule has 24 heavy (non-hydrogen) atoms. The zero-order valence-electron chi connectivity index (χ0n) is 13.1. The summed E-state index contributed by atoms with van der Waals surface area (Å²) in [5.41, 5.74) is 1.40. The Morgan fingerprint density at radius 1 is 1.17 bits per heavy atom. The van der Waals surface area contributed by atoms with Crippen molar-refractivity contribution in [3.8, 4) is 29.1 Å². The van der Waals surface area contributed by atoms with Crippen molar-refractivity contribution in [2.45, 2.75) is 12.8 Å². The van der Waals surface area contributed by atoms with Gasteiger partial charge in [-0.05, 0) is 36.2 Å². The maximum Gasteiger partial charge on any atom is 0.311 e. The number of hydrogen-bond acceptors (Lipinski definition) is 6. The van der Waals surface area contributed by atoms with Crippen LogP contribution in [0.2, 0.25) is 0 Å². The average Bonchev–Trinajstić information content (AvgIpc) is 3.08. The number of esters is 1. The first-order chi connectivity index (χ1) is 11.7. The van der Waals surface area contributed by atoms with E-state index in [-0.39, 0.29) is 19.2 Å². The van der Waals surface area contributed by atoms with Gasteiger partial charge in [0.1, 0.15) is 0 Å². The summed E-state index contributed by atoms with van der Waals surface area (Å²) < 4.78 is 21.0. The summed E-state index contributed by atoms with van der Waals surface area (Å²) in [6.07, 6.45) is 0.733. The normalized spacial score (nSPS) is 11.7. The molecule has 2 aromatic carbocycles. The molecule has 3 rings (SSSR count). The molecule has 0 saturated carbocycles. The number of fused-ring (bicyclic) bond motifs is 1. The predicted molar refractivity (Wildman–Crippen MR) is 84.2 cm³/mol. The van der Waals surface area contributed by atoms with Crippen LogP contribution in [0.3, 0.4) is 0 Å². The van der Waals surface area contributed by atoms with Gasteiger partial charge in [-0.2, -0.15) is 5.26 Å². The van der Waals surface area contributed by atoms with Crippen LogP contribution in [0.25, 0.3) is 0 Å². The molecule has 0 aromatic heterocycles. The van der Waals surface area contributed by atoms with E-state index in [0.717, 1.165) is 5.56 Å². The predicted octanol–water partition coefficient (Wildman–Crippen LogP) is 2.83. The lowest BCUT2D eigenvalue weighted by Gasteiger charge is -2.09. The molecule has 0 saturated heterocycles. The van der Waals surface area contributed by atoms with Gasteiger partial charge in [0.05, 0.1) is 18.7 Å². The maximum atomic E-state index is 12.0. The van der Waals surface area contributed by atoms with Crippen molar-refractivity contribution in [3.63, 3.8) is 0 Å². The van der Waals surface area contributed by atoms with Crippen molar-refractivity contribution < 1.29 is 23.7 Å². The second kappa shape index (κ2) is 6.92. The minimum Gasteiger partial charge on any atom is -0.493 e. The van der Waals surface area contributed by atoms with E-state index in [1.165, 1.54) is 13.2 Å². The Labute approximate surface area is 139 Å². The van der Waals surface area contributed by atoms with E-state index < -0.39 is 0 Å². The molecule has 122 valence electrons. The standard InChI is InChI=1S/C18H15NO5/c1-21-16-9-13(10-19)3-6-15(16)24-18(20)7-4-12-2-5-14-17(8-12)23-11-22-14/h2-3,5-6,8-9H,4,7,11H2,1H3. The molecule has 1 aliphatic heterocycles. The highest BCUT2D eigenvalue weighted by molar-refractivity contribution is 5.73. The molecular formula is C18H15NO5. The van der Waals surface area contributed by atoms with Gasteiger partial charge in [-0.15, -0.1) is 0 Å². The Hall–Kier alpha value is -3.20. The fourth-order valence-electron chi connectivity index (χ4n) is 2.34. The number of nitriles is 1. The van der Waals surface area contributed by atoms with Gasteiger partial charge in [-0.3, -0.25) is 4.79 Å². The minimum absolute atomic E-state index is 0.211. The fraction of sp³-hybridized carbons (Fsp3) is 0.222. The summed E-state index contributed by atoms with van der Waals surface area (Å²) in [5.74, 6) is 1.67. The van der Waals surface area contributed by atoms with Crippen LogP contribution in [0, 0.1) is 11.3 Å². The monoisotopic (exact) mass is 325 g/mol. The SMILES string of the molecule is COc1cc(C#N)ccc1OC(=O)CCc1ccc2c(c1)OCO2. The Balaban J connectivity index is 1.61. The highest BCUT2D eigenvalue weighted by atomic mass is 16.7. The lowest BCUT2D eigenvalue weighted by molar-refractivity contribution is -0.134. The van der Waals surface area contributed by atoms with E-state index >= 15 is 0 Å². The quantitative estimate of drug-likeness (QED) is 0.621. The lowest BCUT2D eigenvalue weighted by Crippen LogP contribution is -2.10. The number of hydrogen-bond donors (Lipinski definition) is 0. The smallest absolute Gasteiger partial charge is 0.311 e. The Kier molecular flexibility index (Phi) is 4.52.